The van der Waals surface area contributed by atoms with Crippen LogP contribution >= 0.6 is 10.9 Å². The average Bonchev–Trinajstić information content (AvgIpc) is 2.40. The lowest BCUT2D eigenvalue weighted by atomic mass is 10.6. The molecule has 1 radical (unpaired) electrons. The molecule has 0 fully saturated rings. The van der Waals surface area contributed by atoms with Crippen LogP contribution in [0.3, 0.4) is 0 Å². The largest absolute Gasteiger partial charge is 0.304 e. The predicted octanol–water partition coefficient (Wildman–Crippen LogP) is 1.37. The molecule has 0 saturated heterocycles. The number of allylic oxidation sites excluding steroid dienone is 2. The molecular weight excluding hydrogens is 182 g/mol. The molecule has 0 saturated carbocycles. The van der Waals surface area contributed by atoms with Gasteiger partial charge in [0.25, 0.3) is 0 Å². The zero-order valence-electron chi connectivity index (χ0n) is 5.51. The Kier molecular flexibility index (Phi) is 2.88. The van der Waals surface area contributed by atoms with Crippen molar-refractivity contribution < 1.29 is 8.76 Å². The number of nitriles is 1. The lowest BCUT2D eigenvalue weighted by molar-refractivity contribution is 0.566. The smallest absolute Gasteiger partial charge is 0.191 e. The van der Waals surface area contributed by atoms with Crippen molar-refractivity contribution in [1.82, 2.24) is 0 Å². The maximum absolute atomic E-state index is 10.5. The average molecular weight is 188 g/mol. The zero-order chi connectivity index (χ0) is 8.27. The summed E-state index contributed by atoms with van der Waals surface area (Å²) in [7, 11) is -0.468. The van der Waals surface area contributed by atoms with Gasteiger partial charge in [-0.05, 0) is 10.8 Å². The molecule has 0 spiro atoms. The lowest BCUT2D eigenvalue weighted by Gasteiger charge is -2.09. The van der Waals surface area contributed by atoms with Gasteiger partial charge in [0.15, 0.2) is 15.7 Å². The molecule has 0 aliphatic carbocycles. The fourth-order valence-electron chi connectivity index (χ4n) is 0.661. The van der Waals surface area contributed by atoms with Gasteiger partial charge in [-0.3, -0.25) is 0 Å². The van der Waals surface area contributed by atoms with Crippen molar-refractivity contribution in [1.29, 1.82) is 5.26 Å². The van der Waals surface area contributed by atoms with E-state index in [0.29, 0.717) is 0 Å². The molecule has 59 valence electrons. The van der Waals surface area contributed by atoms with Crippen LogP contribution in [0.25, 0.3) is 0 Å². The van der Waals surface area contributed by atoms with Gasteiger partial charge in [-0.15, -0.1) is 10.9 Å². The first-order chi connectivity index (χ1) is 5.25. The molecule has 2 atom stereocenters. The molecule has 0 bridgehead atoms. The molecule has 11 heavy (non-hydrogen) atoms. The number of nitrogens with zero attached hydrogens (tertiary/aromatic N) is 1. The van der Waals surface area contributed by atoms with E-state index in [-0.39, 0.29) is 0 Å². The van der Waals surface area contributed by atoms with Crippen molar-refractivity contribution in [2.45, 2.75) is 4.58 Å². The van der Waals surface area contributed by atoms with Gasteiger partial charge in [0.05, 0.1) is 6.07 Å². The van der Waals surface area contributed by atoms with Gasteiger partial charge in [0.1, 0.15) is 0 Å². The van der Waals surface area contributed by atoms with Crippen molar-refractivity contribution in [2.24, 2.45) is 0 Å². The second kappa shape index (κ2) is 3.72. The Morgan fingerprint density at radius 1 is 1.55 bits per heavy atom. The Hall–Kier alpha value is -0.570. The Balaban J connectivity index is 2.72. The summed E-state index contributed by atoms with van der Waals surface area (Å²) in [4.78, 5) is 0. The first kappa shape index (κ1) is 8.53. The quantitative estimate of drug-likeness (QED) is 0.666. The highest BCUT2D eigenvalue weighted by molar-refractivity contribution is 8.28. The van der Waals surface area contributed by atoms with Gasteiger partial charge in [0.2, 0.25) is 0 Å². The second-order valence-corrected chi connectivity index (χ2v) is 4.96. The van der Waals surface area contributed by atoms with Crippen LogP contribution in [0.4, 0.5) is 0 Å². The van der Waals surface area contributed by atoms with Crippen LogP contribution in [-0.4, -0.2) is 13.3 Å². The van der Waals surface area contributed by atoms with Gasteiger partial charge in [-0.2, -0.15) is 5.26 Å². The SMILES string of the molecule is N#CC([S]1C=CC=C1)S(=O)O. The minimum absolute atomic E-state index is 0.468. The molecule has 1 N–H and O–H groups in total. The van der Waals surface area contributed by atoms with Gasteiger partial charge < -0.3 is 4.55 Å². The highest BCUT2D eigenvalue weighted by atomic mass is 32.3. The number of rotatable bonds is 2. The van der Waals surface area contributed by atoms with E-state index in [9.17, 15) is 4.21 Å². The van der Waals surface area contributed by atoms with Crippen LogP contribution in [-0.2, 0) is 11.1 Å². The predicted molar refractivity (Wildman–Crippen MR) is 46.0 cm³/mol. The Morgan fingerprint density at radius 3 is 2.45 bits per heavy atom. The molecule has 0 aromatic carbocycles. The third-order valence-electron chi connectivity index (χ3n) is 1.12. The van der Waals surface area contributed by atoms with E-state index >= 15 is 0 Å². The van der Waals surface area contributed by atoms with Gasteiger partial charge in [0, 0.05) is 0 Å². The molecule has 3 nitrogen and oxygen atoms in total. The first-order valence-electron chi connectivity index (χ1n) is 2.80. The topological polar surface area (TPSA) is 61.1 Å². The van der Waals surface area contributed by atoms with E-state index in [1.165, 1.54) is 0 Å². The van der Waals surface area contributed by atoms with Gasteiger partial charge in [-0.1, -0.05) is 12.2 Å². The van der Waals surface area contributed by atoms with E-state index in [0.717, 1.165) is 0 Å². The molecule has 1 heterocycles. The van der Waals surface area contributed by atoms with E-state index in [2.05, 4.69) is 0 Å². The summed E-state index contributed by atoms with van der Waals surface area (Å²) in [5.74, 6) is 0. The van der Waals surface area contributed by atoms with Crippen LogP contribution in [0.15, 0.2) is 23.0 Å². The Labute approximate surface area is 70.0 Å². The van der Waals surface area contributed by atoms with E-state index in [1.54, 1.807) is 29.0 Å². The minimum atomic E-state index is -2.04. The summed E-state index contributed by atoms with van der Waals surface area (Å²) in [6, 6.07) is 1.80. The fourth-order valence-corrected chi connectivity index (χ4v) is 2.94. The lowest BCUT2D eigenvalue weighted by Crippen LogP contribution is -2.09. The molecule has 2 unspecified atom stereocenters. The van der Waals surface area contributed by atoms with Gasteiger partial charge in [-0.25, -0.2) is 4.21 Å². The van der Waals surface area contributed by atoms with Crippen LogP contribution < -0.4 is 0 Å². The summed E-state index contributed by atoms with van der Waals surface area (Å²) in [6.07, 6.45) is 3.56. The molecule has 0 aromatic rings. The summed E-state index contributed by atoms with van der Waals surface area (Å²) in [5.41, 5.74) is 0. The molecular formula is C6H6NO2S2. The number of hydrogen-bond donors (Lipinski definition) is 1. The van der Waals surface area contributed by atoms with Crippen molar-refractivity contribution in [2.75, 3.05) is 0 Å². The second-order valence-electron chi connectivity index (χ2n) is 1.80. The summed E-state index contributed by atoms with van der Waals surface area (Å²) < 4.78 is 18.4. The maximum Gasteiger partial charge on any atom is 0.191 e. The standard InChI is InChI=1S/C6H6NO2S2/c7-5-6(11(8)9)10-3-1-2-4-10/h1-4,6H,(H,8,9). The molecule has 1 aliphatic heterocycles. The van der Waals surface area contributed by atoms with Crippen LogP contribution in [0.2, 0.25) is 0 Å². The maximum atomic E-state index is 10.5. The Morgan fingerprint density at radius 2 is 2.09 bits per heavy atom. The molecule has 0 aromatic heterocycles. The summed E-state index contributed by atoms with van der Waals surface area (Å²) in [6.45, 7) is 0. The number of hydrogen-bond acceptors (Lipinski definition) is 2. The highest BCUT2D eigenvalue weighted by Gasteiger charge is 2.21. The molecule has 0 amide bonds. The van der Waals surface area contributed by atoms with Gasteiger partial charge >= 0.3 is 0 Å². The third kappa shape index (κ3) is 1.93. The molecule has 5 heteroatoms. The monoisotopic (exact) mass is 188 g/mol. The van der Waals surface area contributed by atoms with Crippen molar-refractivity contribution in [3.8, 4) is 6.07 Å². The van der Waals surface area contributed by atoms with Crippen LogP contribution in [0, 0.1) is 11.3 Å². The first-order valence-corrected chi connectivity index (χ1v) is 5.39. The molecule has 1 rings (SSSR count). The van der Waals surface area contributed by atoms with E-state index in [4.69, 9.17) is 9.81 Å². The summed E-state index contributed by atoms with van der Waals surface area (Å²) in [5, 5.41) is 12.0. The molecule has 1 aliphatic rings. The zero-order valence-corrected chi connectivity index (χ0v) is 7.14. The van der Waals surface area contributed by atoms with Crippen molar-refractivity contribution in [3.05, 3.63) is 23.0 Å². The normalized spacial score (nSPS) is 21.5. The summed E-state index contributed by atoms with van der Waals surface area (Å²) >= 11 is -2.04. The van der Waals surface area contributed by atoms with Crippen LogP contribution in [0.1, 0.15) is 0 Å². The van der Waals surface area contributed by atoms with Crippen LogP contribution in [0.5, 0.6) is 0 Å². The van der Waals surface area contributed by atoms with E-state index < -0.39 is 26.6 Å². The van der Waals surface area contributed by atoms with E-state index in [1.807, 2.05) is 0 Å². The highest BCUT2D eigenvalue weighted by Crippen LogP contribution is 2.38. The fraction of sp³-hybridized carbons (Fsp3) is 0.167. The Bertz CT molecular complexity index is 254. The van der Waals surface area contributed by atoms with Crippen molar-refractivity contribution in [3.63, 3.8) is 0 Å². The third-order valence-corrected chi connectivity index (χ3v) is 4.29. The minimum Gasteiger partial charge on any atom is -0.304 e. The van der Waals surface area contributed by atoms with Crippen molar-refractivity contribution >= 4 is 22.0 Å².